The fourth-order valence-electron chi connectivity index (χ4n) is 1.74. The summed E-state index contributed by atoms with van der Waals surface area (Å²) in [4.78, 5) is 11.3. The van der Waals surface area contributed by atoms with Crippen molar-refractivity contribution in [2.45, 2.75) is 17.7 Å². The van der Waals surface area contributed by atoms with Gasteiger partial charge in [0.05, 0.1) is 7.11 Å². The molecule has 5 nitrogen and oxygen atoms in total. The van der Waals surface area contributed by atoms with E-state index in [2.05, 4.69) is 10.1 Å². The summed E-state index contributed by atoms with van der Waals surface area (Å²) in [6.07, 6.45) is 2.11. The summed E-state index contributed by atoms with van der Waals surface area (Å²) in [7, 11) is 2.13. The predicted octanol–water partition coefficient (Wildman–Crippen LogP) is 1.90. The molecule has 1 amide bonds. The molecule has 0 radical (unpaired) electrons. The van der Waals surface area contributed by atoms with E-state index >= 15 is 0 Å². The highest BCUT2D eigenvalue weighted by molar-refractivity contribution is 8.13. The van der Waals surface area contributed by atoms with Crippen molar-refractivity contribution in [1.82, 2.24) is 5.32 Å². The van der Waals surface area contributed by atoms with Gasteiger partial charge in [-0.2, -0.15) is 0 Å². The number of hydrogen-bond donors (Lipinski definition) is 1. The Morgan fingerprint density at radius 3 is 2.65 bits per heavy atom. The van der Waals surface area contributed by atoms with Crippen molar-refractivity contribution in [3.63, 3.8) is 0 Å². The monoisotopic (exact) mass is 321 g/mol. The van der Waals surface area contributed by atoms with Crippen molar-refractivity contribution in [1.29, 1.82) is 0 Å². The summed E-state index contributed by atoms with van der Waals surface area (Å²) < 4.78 is 41.3. The molecule has 1 aliphatic rings. The second kappa shape index (κ2) is 5.57. The molecule has 110 valence electrons. The van der Waals surface area contributed by atoms with Crippen LogP contribution in [0.15, 0.2) is 17.0 Å². The van der Waals surface area contributed by atoms with Crippen molar-refractivity contribution in [3.8, 4) is 5.75 Å². The standard InChI is InChI=1S/C12H13ClFNO4S/c1-19-11-9(14)4-8(5-10(11)20(13,17)18)12(16)15-6-7-2-3-7/h4-5,7H,2-3,6H2,1H3,(H,15,16). The summed E-state index contributed by atoms with van der Waals surface area (Å²) in [5.74, 6) is -1.54. The zero-order valence-electron chi connectivity index (χ0n) is 10.7. The van der Waals surface area contributed by atoms with E-state index < -0.39 is 31.4 Å². The molecule has 0 atom stereocenters. The van der Waals surface area contributed by atoms with Gasteiger partial charge in [0.25, 0.3) is 15.0 Å². The Morgan fingerprint density at radius 2 is 2.15 bits per heavy atom. The minimum Gasteiger partial charge on any atom is -0.492 e. The topological polar surface area (TPSA) is 72.5 Å². The van der Waals surface area contributed by atoms with Crippen molar-refractivity contribution < 1.29 is 22.3 Å². The summed E-state index contributed by atoms with van der Waals surface area (Å²) in [5, 5.41) is 2.62. The highest BCUT2D eigenvalue weighted by atomic mass is 35.7. The third-order valence-corrected chi connectivity index (χ3v) is 4.31. The second-order valence-corrected chi connectivity index (χ2v) is 7.12. The lowest BCUT2D eigenvalue weighted by Crippen LogP contribution is -2.25. The lowest BCUT2D eigenvalue weighted by Gasteiger charge is -2.10. The first-order valence-corrected chi connectivity index (χ1v) is 8.24. The fraction of sp³-hybridized carbons (Fsp3) is 0.417. The molecule has 1 aromatic carbocycles. The van der Waals surface area contributed by atoms with Gasteiger partial charge in [0.2, 0.25) is 0 Å². The Balaban J connectivity index is 2.34. The zero-order chi connectivity index (χ0) is 14.9. The number of hydrogen-bond acceptors (Lipinski definition) is 4. The third kappa shape index (κ3) is 3.40. The van der Waals surface area contributed by atoms with E-state index in [1.165, 1.54) is 0 Å². The van der Waals surface area contributed by atoms with E-state index in [0.29, 0.717) is 12.5 Å². The first-order valence-electron chi connectivity index (χ1n) is 5.93. The van der Waals surface area contributed by atoms with Gasteiger partial charge >= 0.3 is 0 Å². The number of nitrogens with one attached hydrogen (secondary N) is 1. The van der Waals surface area contributed by atoms with Crippen LogP contribution in [0.1, 0.15) is 23.2 Å². The normalized spacial score (nSPS) is 14.9. The van der Waals surface area contributed by atoms with Crippen LogP contribution in [0.2, 0.25) is 0 Å². The quantitative estimate of drug-likeness (QED) is 0.841. The molecule has 20 heavy (non-hydrogen) atoms. The van der Waals surface area contributed by atoms with Gasteiger partial charge in [-0.25, -0.2) is 12.8 Å². The molecule has 2 rings (SSSR count). The molecule has 0 unspecified atom stereocenters. The molecular weight excluding hydrogens is 309 g/mol. The van der Waals surface area contributed by atoms with Crippen LogP contribution in [0.5, 0.6) is 5.75 Å². The Morgan fingerprint density at radius 1 is 1.50 bits per heavy atom. The SMILES string of the molecule is COc1c(F)cc(C(=O)NCC2CC2)cc1S(=O)(=O)Cl. The number of carbonyl (C=O) groups excluding carboxylic acids is 1. The zero-order valence-corrected chi connectivity index (χ0v) is 12.2. The van der Waals surface area contributed by atoms with Crippen LogP contribution in [0.4, 0.5) is 4.39 Å². The van der Waals surface area contributed by atoms with E-state index in [1.54, 1.807) is 0 Å². The van der Waals surface area contributed by atoms with Crippen LogP contribution in [0, 0.1) is 11.7 Å². The minimum absolute atomic E-state index is 0.108. The second-order valence-electron chi connectivity index (χ2n) is 4.58. The average molecular weight is 322 g/mol. The van der Waals surface area contributed by atoms with Crippen molar-refractivity contribution in [2.75, 3.05) is 13.7 Å². The number of carbonyl (C=O) groups is 1. The maximum absolute atomic E-state index is 13.8. The van der Waals surface area contributed by atoms with Gasteiger partial charge in [0.1, 0.15) is 4.90 Å². The van der Waals surface area contributed by atoms with E-state index in [9.17, 15) is 17.6 Å². The molecule has 0 bridgehead atoms. The van der Waals surface area contributed by atoms with E-state index in [4.69, 9.17) is 10.7 Å². The Bertz CT molecular complexity index is 643. The van der Waals surface area contributed by atoms with Gasteiger partial charge in [-0.05, 0) is 30.9 Å². The lowest BCUT2D eigenvalue weighted by atomic mass is 10.2. The van der Waals surface area contributed by atoms with E-state index in [0.717, 1.165) is 32.1 Å². The number of ether oxygens (including phenoxy) is 1. The number of amides is 1. The number of halogens is 2. The van der Waals surface area contributed by atoms with Crippen molar-refractivity contribution >= 4 is 25.6 Å². The van der Waals surface area contributed by atoms with Crippen LogP contribution < -0.4 is 10.1 Å². The van der Waals surface area contributed by atoms with Crippen LogP contribution in [0.3, 0.4) is 0 Å². The largest absolute Gasteiger partial charge is 0.492 e. The van der Waals surface area contributed by atoms with Crippen LogP contribution in [-0.4, -0.2) is 28.0 Å². The predicted molar refractivity (Wildman–Crippen MR) is 71.0 cm³/mol. The van der Waals surface area contributed by atoms with Gasteiger partial charge in [-0.3, -0.25) is 4.79 Å². The Kier molecular flexibility index (Phi) is 4.19. The third-order valence-electron chi connectivity index (χ3n) is 2.99. The van der Waals surface area contributed by atoms with Gasteiger partial charge in [-0.1, -0.05) is 0 Å². The molecule has 1 aromatic rings. The first-order chi connectivity index (χ1) is 9.32. The fourth-order valence-corrected chi connectivity index (χ4v) is 2.75. The summed E-state index contributed by atoms with van der Waals surface area (Å²) >= 11 is 0. The Labute approximate surface area is 120 Å². The molecule has 0 saturated heterocycles. The number of methoxy groups -OCH3 is 1. The van der Waals surface area contributed by atoms with Crippen LogP contribution >= 0.6 is 10.7 Å². The summed E-state index contributed by atoms with van der Waals surface area (Å²) in [6, 6.07) is 1.93. The molecule has 0 aromatic heterocycles. The molecule has 1 saturated carbocycles. The highest BCUT2D eigenvalue weighted by Gasteiger charge is 2.25. The van der Waals surface area contributed by atoms with E-state index in [1.807, 2.05) is 0 Å². The molecule has 1 N–H and O–H groups in total. The van der Waals surface area contributed by atoms with Crippen LogP contribution in [0.25, 0.3) is 0 Å². The molecule has 0 aliphatic heterocycles. The average Bonchev–Trinajstić information content (AvgIpc) is 3.17. The smallest absolute Gasteiger partial charge is 0.265 e. The molecule has 8 heteroatoms. The number of rotatable bonds is 5. The van der Waals surface area contributed by atoms with Gasteiger partial charge in [0.15, 0.2) is 11.6 Å². The van der Waals surface area contributed by atoms with Crippen molar-refractivity contribution in [3.05, 3.63) is 23.5 Å². The van der Waals surface area contributed by atoms with Crippen molar-refractivity contribution in [2.24, 2.45) is 5.92 Å². The van der Waals surface area contributed by atoms with Gasteiger partial charge in [0, 0.05) is 22.8 Å². The maximum Gasteiger partial charge on any atom is 0.265 e. The minimum atomic E-state index is -4.22. The lowest BCUT2D eigenvalue weighted by molar-refractivity contribution is 0.0951. The van der Waals surface area contributed by atoms with Gasteiger partial charge < -0.3 is 10.1 Å². The van der Waals surface area contributed by atoms with Gasteiger partial charge in [-0.15, -0.1) is 0 Å². The summed E-state index contributed by atoms with van der Waals surface area (Å²) in [6.45, 7) is 0.495. The highest BCUT2D eigenvalue weighted by Crippen LogP contribution is 2.31. The maximum atomic E-state index is 13.8. The molecule has 0 spiro atoms. The molecule has 1 aliphatic carbocycles. The molecule has 0 heterocycles. The molecular formula is C12H13ClFNO4S. The molecule has 1 fully saturated rings. The summed E-state index contributed by atoms with van der Waals surface area (Å²) in [5.41, 5.74) is -0.108. The van der Waals surface area contributed by atoms with E-state index in [-0.39, 0.29) is 5.56 Å². The Hall–Kier alpha value is -1.34. The first kappa shape index (κ1) is 15.1. The number of benzene rings is 1. The van der Waals surface area contributed by atoms with Crippen LogP contribution in [-0.2, 0) is 9.05 Å².